The first-order chi connectivity index (χ1) is 6.52. The lowest BCUT2D eigenvalue weighted by Gasteiger charge is -2.26. The first kappa shape index (κ1) is 11.5. The van der Waals surface area contributed by atoms with Gasteiger partial charge in [-0.05, 0) is 33.4 Å². The minimum absolute atomic E-state index is 0.0327. The van der Waals surface area contributed by atoms with Crippen LogP contribution >= 0.6 is 0 Å². The van der Waals surface area contributed by atoms with Gasteiger partial charge in [-0.1, -0.05) is 0 Å². The van der Waals surface area contributed by atoms with Crippen LogP contribution in [0.25, 0.3) is 0 Å². The van der Waals surface area contributed by atoms with E-state index in [2.05, 4.69) is 11.9 Å². The van der Waals surface area contributed by atoms with Gasteiger partial charge < -0.3 is 15.5 Å². The Morgan fingerprint density at radius 1 is 1.71 bits per heavy atom. The summed E-state index contributed by atoms with van der Waals surface area (Å²) in [6, 6.07) is 0.134. The molecule has 1 aliphatic rings. The largest absolute Gasteiger partial charge is 0.343 e. The van der Waals surface area contributed by atoms with Gasteiger partial charge in [0.1, 0.15) is 0 Å². The van der Waals surface area contributed by atoms with Crippen LogP contribution in [0, 0.1) is 0 Å². The lowest BCUT2D eigenvalue weighted by Crippen LogP contribution is -2.45. The molecule has 0 bridgehead atoms. The van der Waals surface area contributed by atoms with Crippen LogP contribution in [0.4, 0.5) is 0 Å². The number of amides is 1. The predicted molar refractivity (Wildman–Crippen MR) is 56.9 cm³/mol. The van der Waals surface area contributed by atoms with Crippen molar-refractivity contribution in [2.75, 3.05) is 27.2 Å². The smallest absolute Gasteiger partial charge is 0.238 e. The predicted octanol–water partition coefficient (Wildman–Crippen LogP) is -0.114. The minimum Gasteiger partial charge on any atom is -0.343 e. The first-order valence-corrected chi connectivity index (χ1v) is 5.23. The molecule has 0 radical (unpaired) electrons. The monoisotopic (exact) mass is 199 g/mol. The van der Waals surface area contributed by atoms with Gasteiger partial charge in [-0.15, -0.1) is 0 Å². The summed E-state index contributed by atoms with van der Waals surface area (Å²) >= 11 is 0. The zero-order valence-corrected chi connectivity index (χ0v) is 9.36. The van der Waals surface area contributed by atoms with Crippen LogP contribution in [0.1, 0.15) is 19.8 Å². The third-order valence-corrected chi connectivity index (χ3v) is 2.92. The van der Waals surface area contributed by atoms with Crippen molar-refractivity contribution in [1.82, 2.24) is 9.80 Å². The average Bonchev–Trinajstić information content (AvgIpc) is 2.50. The Balaban J connectivity index is 2.39. The van der Waals surface area contributed by atoms with Gasteiger partial charge >= 0.3 is 0 Å². The Morgan fingerprint density at radius 2 is 2.36 bits per heavy atom. The molecule has 1 amide bonds. The molecule has 0 aliphatic carbocycles. The summed E-state index contributed by atoms with van der Waals surface area (Å²) in [4.78, 5) is 15.6. The number of likely N-dealkylation sites (N-methyl/N-ethyl adjacent to an activating group) is 2. The van der Waals surface area contributed by atoms with Crippen molar-refractivity contribution >= 4 is 5.91 Å². The highest BCUT2D eigenvalue weighted by molar-refractivity contribution is 5.80. The Kier molecular flexibility index (Phi) is 3.89. The third-order valence-electron chi connectivity index (χ3n) is 2.92. The van der Waals surface area contributed by atoms with Gasteiger partial charge in [0.2, 0.25) is 5.91 Å². The van der Waals surface area contributed by atoms with E-state index in [1.165, 1.54) is 12.8 Å². The fourth-order valence-corrected chi connectivity index (χ4v) is 1.96. The maximum absolute atomic E-state index is 11.5. The summed E-state index contributed by atoms with van der Waals surface area (Å²) < 4.78 is 0. The molecule has 0 aromatic rings. The van der Waals surface area contributed by atoms with Crippen molar-refractivity contribution in [1.29, 1.82) is 0 Å². The molecule has 82 valence electrons. The second kappa shape index (κ2) is 4.75. The van der Waals surface area contributed by atoms with Gasteiger partial charge in [-0.2, -0.15) is 0 Å². The molecule has 0 aromatic carbocycles. The standard InChI is InChI=1S/C10H21N3O/c1-8(11)10(14)13(3)7-9-5-4-6-12(9)2/h8-9H,4-7,11H2,1-3H3/t8-,9?/m1/s1. The molecule has 2 atom stereocenters. The summed E-state index contributed by atoms with van der Waals surface area (Å²) in [5, 5.41) is 0. The summed E-state index contributed by atoms with van der Waals surface area (Å²) in [6.07, 6.45) is 2.43. The first-order valence-electron chi connectivity index (χ1n) is 5.23. The number of nitrogens with two attached hydrogens (primary N) is 1. The molecule has 2 N–H and O–H groups in total. The van der Waals surface area contributed by atoms with E-state index in [0.29, 0.717) is 6.04 Å². The fraction of sp³-hybridized carbons (Fsp3) is 0.900. The molecule has 1 heterocycles. The van der Waals surface area contributed by atoms with E-state index in [9.17, 15) is 4.79 Å². The second-order valence-corrected chi connectivity index (χ2v) is 4.28. The van der Waals surface area contributed by atoms with Gasteiger partial charge in [0.15, 0.2) is 0 Å². The normalized spacial score (nSPS) is 25.0. The van der Waals surface area contributed by atoms with E-state index >= 15 is 0 Å². The molecule has 4 nitrogen and oxygen atoms in total. The maximum Gasteiger partial charge on any atom is 0.238 e. The Hall–Kier alpha value is -0.610. The molecular weight excluding hydrogens is 178 g/mol. The van der Waals surface area contributed by atoms with Crippen LogP contribution in [0.3, 0.4) is 0 Å². The van der Waals surface area contributed by atoms with E-state index in [1.807, 2.05) is 7.05 Å². The van der Waals surface area contributed by atoms with Crippen LogP contribution < -0.4 is 5.73 Å². The van der Waals surface area contributed by atoms with Crippen molar-refractivity contribution in [3.8, 4) is 0 Å². The molecular formula is C10H21N3O. The van der Waals surface area contributed by atoms with Crippen LogP contribution in [0.2, 0.25) is 0 Å². The van der Waals surface area contributed by atoms with Gasteiger partial charge in [0.05, 0.1) is 6.04 Å². The topological polar surface area (TPSA) is 49.6 Å². The Labute approximate surface area is 86.0 Å². The SMILES string of the molecule is C[C@@H](N)C(=O)N(C)CC1CCCN1C. The number of rotatable bonds is 3. The Morgan fingerprint density at radius 3 is 2.79 bits per heavy atom. The summed E-state index contributed by atoms with van der Waals surface area (Å²) in [5.41, 5.74) is 5.54. The van der Waals surface area contributed by atoms with Crippen molar-refractivity contribution in [2.24, 2.45) is 5.73 Å². The molecule has 1 aliphatic heterocycles. The van der Waals surface area contributed by atoms with E-state index in [0.717, 1.165) is 13.1 Å². The molecule has 0 spiro atoms. The number of likely N-dealkylation sites (tertiary alicyclic amines) is 1. The van der Waals surface area contributed by atoms with E-state index in [4.69, 9.17) is 5.73 Å². The molecule has 1 unspecified atom stereocenters. The quantitative estimate of drug-likeness (QED) is 0.690. The maximum atomic E-state index is 11.5. The highest BCUT2D eigenvalue weighted by Gasteiger charge is 2.24. The number of nitrogens with zero attached hydrogens (tertiary/aromatic N) is 2. The summed E-state index contributed by atoms with van der Waals surface area (Å²) in [6.45, 7) is 3.68. The van der Waals surface area contributed by atoms with Crippen LogP contribution in [0.5, 0.6) is 0 Å². The van der Waals surface area contributed by atoms with Crippen molar-refractivity contribution in [3.63, 3.8) is 0 Å². The van der Waals surface area contributed by atoms with Crippen molar-refractivity contribution in [2.45, 2.75) is 31.8 Å². The minimum atomic E-state index is -0.383. The number of carbonyl (C=O) groups is 1. The van der Waals surface area contributed by atoms with Crippen LogP contribution in [-0.2, 0) is 4.79 Å². The molecule has 1 saturated heterocycles. The lowest BCUT2D eigenvalue weighted by molar-refractivity contribution is -0.131. The lowest BCUT2D eigenvalue weighted by atomic mass is 10.2. The summed E-state index contributed by atoms with van der Waals surface area (Å²) in [5.74, 6) is 0.0327. The van der Waals surface area contributed by atoms with Gasteiger partial charge in [0, 0.05) is 19.6 Å². The summed E-state index contributed by atoms with van der Waals surface area (Å²) in [7, 11) is 3.94. The van der Waals surface area contributed by atoms with Gasteiger partial charge in [0.25, 0.3) is 0 Å². The molecule has 1 fully saturated rings. The van der Waals surface area contributed by atoms with Crippen molar-refractivity contribution in [3.05, 3.63) is 0 Å². The number of carbonyl (C=O) groups excluding carboxylic acids is 1. The molecule has 14 heavy (non-hydrogen) atoms. The van der Waals surface area contributed by atoms with E-state index in [-0.39, 0.29) is 11.9 Å². The van der Waals surface area contributed by atoms with Gasteiger partial charge in [-0.25, -0.2) is 0 Å². The highest BCUT2D eigenvalue weighted by Crippen LogP contribution is 2.15. The molecule has 0 saturated carbocycles. The van der Waals surface area contributed by atoms with Crippen molar-refractivity contribution < 1.29 is 4.79 Å². The van der Waals surface area contributed by atoms with E-state index < -0.39 is 0 Å². The molecule has 0 aromatic heterocycles. The fourth-order valence-electron chi connectivity index (χ4n) is 1.96. The third kappa shape index (κ3) is 2.69. The highest BCUT2D eigenvalue weighted by atomic mass is 16.2. The van der Waals surface area contributed by atoms with Crippen LogP contribution in [-0.4, -0.2) is 55.0 Å². The van der Waals surface area contributed by atoms with Gasteiger partial charge in [-0.3, -0.25) is 4.79 Å². The number of hydrogen-bond donors (Lipinski definition) is 1. The number of hydrogen-bond acceptors (Lipinski definition) is 3. The Bertz CT molecular complexity index is 206. The zero-order chi connectivity index (χ0) is 10.7. The second-order valence-electron chi connectivity index (χ2n) is 4.28. The average molecular weight is 199 g/mol. The van der Waals surface area contributed by atoms with E-state index in [1.54, 1.807) is 11.8 Å². The molecule has 1 rings (SSSR count). The zero-order valence-electron chi connectivity index (χ0n) is 9.36. The molecule has 4 heteroatoms. The van der Waals surface area contributed by atoms with Crippen LogP contribution in [0.15, 0.2) is 0 Å².